The second-order valence-corrected chi connectivity index (χ2v) is 6.31. The molecule has 7 nitrogen and oxygen atoms in total. The summed E-state index contributed by atoms with van der Waals surface area (Å²) in [6, 6.07) is 6.01. The number of benzene rings is 1. The number of carbonyl (C=O) groups excluding carboxylic acids is 1. The highest BCUT2D eigenvalue weighted by Gasteiger charge is 2.24. The van der Waals surface area contributed by atoms with Crippen molar-refractivity contribution in [3.63, 3.8) is 0 Å². The van der Waals surface area contributed by atoms with Gasteiger partial charge in [-0.25, -0.2) is 9.07 Å². The molecule has 1 aliphatic rings. The average molecular weight is 347 g/mol. The summed E-state index contributed by atoms with van der Waals surface area (Å²) in [5.41, 5.74) is 0. The number of piperidine rings is 1. The van der Waals surface area contributed by atoms with Crippen molar-refractivity contribution < 1.29 is 13.9 Å². The Bertz CT molecular complexity index is 703. The Morgan fingerprint density at radius 3 is 2.88 bits per heavy atom. The molecule has 2 heterocycles. The van der Waals surface area contributed by atoms with E-state index in [2.05, 4.69) is 15.5 Å². The zero-order valence-corrected chi connectivity index (χ0v) is 14.3. The highest BCUT2D eigenvalue weighted by atomic mass is 19.1. The minimum Gasteiger partial charge on any atom is -0.493 e. The van der Waals surface area contributed by atoms with Gasteiger partial charge in [-0.1, -0.05) is 0 Å². The Labute approximate surface area is 145 Å². The van der Waals surface area contributed by atoms with Crippen molar-refractivity contribution in [3.05, 3.63) is 35.9 Å². The fourth-order valence-corrected chi connectivity index (χ4v) is 2.99. The number of carbonyl (C=O) groups is 1. The third kappa shape index (κ3) is 4.74. The minimum absolute atomic E-state index is 0.112. The van der Waals surface area contributed by atoms with Crippen LogP contribution in [-0.4, -0.2) is 50.7 Å². The van der Waals surface area contributed by atoms with Crippen LogP contribution < -0.4 is 4.74 Å². The lowest BCUT2D eigenvalue weighted by Crippen LogP contribution is -2.41. The van der Waals surface area contributed by atoms with Crippen molar-refractivity contribution in [2.45, 2.75) is 32.7 Å². The summed E-state index contributed by atoms with van der Waals surface area (Å²) in [6.45, 7) is 4.30. The number of nitrogens with zero attached hydrogens (tertiary/aromatic N) is 5. The highest BCUT2D eigenvalue weighted by Crippen LogP contribution is 2.20. The molecule has 1 fully saturated rings. The van der Waals surface area contributed by atoms with Gasteiger partial charge in [-0.2, -0.15) is 0 Å². The van der Waals surface area contributed by atoms with Gasteiger partial charge in [0.1, 0.15) is 17.4 Å². The average Bonchev–Trinajstić information content (AvgIpc) is 3.04. The molecular formula is C17H22FN5O2. The van der Waals surface area contributed by atoms with E-state index >= 15 is 0 Å². The van der Waals surface area contributed by atoms with Crippen LogP contribution in [0.25, 0.3) is 0 Å². The van der Waals surface area contributed by atoms with E-state index in [1.165, 1.54) is 12.1 Å². The molecule has 1 aromatic heterocycles. The van der Waals surface area contributed by atoms with Crippen LogP contribution >= 0.6 is 0 Å². The van der Waals surface area contributed by atoms with Gasteiger partial charge in [-0.15, -0.1) is 5.10 Å². The third-order valence-corrected chi connectivity index (χ3v) is 4.42. The molecule has 0 aliphatic carbocycles. The van der Waals surface area contributed by atoms with Crippen LogP contribution in [0.4, 0.5) is 4.39 Å². The maximum Gasteiger partial charge on any atom is 0.224 e. The molecule has 0 bridgehead atoms. The summed E-state index contributed by atoms with van der Waals surface area (Å²) in [5, 5.41) is 11.3. The van der Waals surface area contributed by atoms with Crippen LogP contribution in [-0.2, 0) is 11.3 Å². The number of aromatic nitrogens is 4. The van der Waals surface area contributed by atoms with Crippen LogP contribution in [0.1, 0.15) is 25.1 Å². The fraction of sp³-hybridized carbons (Fsp3) is 0.529. The first kappa shape index (κ1) is 17.3. The van der Waals surface area contributed by atoms with Crippen molar-refractivity contribution in [1.82, 2.24) is 25.1 Å². The van der Waals surface area contributed by atoms with E-state index in [4.69, 9.17) is 4.74 Å². The highest BCUT2D eigenvalue weighted by molar-refractivity contribution is 5.76. The first-order valence-corrected chi connectivity index (χ1v) is 8.51. The first-order valence-electron chi connectivity index (χ1n) is 8.51. The summed E-state index contributed by atoms with van der Waals surface area (Å²) < 4.78 is 20.3. The number of halogens is 1. The summed E-state index contributed by atoms with van der Waals surface area (Å²) in [4.78, 5) is 14.3. The smallest absolute Gasteiger partial charge is 0.224 e. The SMILES string of the molecule is Cc1nnnn1CCC(=O)N1CCC[C@@H](COc2ccc(F)cc2)C1. The van der Waals surface area contributed by atoms with Crippen LogP contribution in [0.15, 0.2) is 24.3 Å². The lowest BCUT2D eigenvalue weighted by molar-refractivity contribution is -0.133. The number of likely N-dealkylation sites (tertiary alicyclic amines) is 1. The molecule has 25 heavy (non-hydrogen) atoms. The molecule has 0 N–H and O–H groups in total. The van der Waals surface area contributed by atoms with Crippen LogP contribution in [0.3, 0.4) is 0 Å². The molecule has 8 heteroatoms. The largest absolute Gasteiger partial charge is 0.493 e. The van der Waals surface area contributed by atoms with E-state index in [1.54, 1.807) is 16.8 Å². The van der Waals surface area contributed by atoms with Crippen LogP contribution in [0, 0.1) is 18.7 Å². The van der Waals surface area contributed by atoms with E-state index < -0.39 is 0 Å². The second kappa shape index (κ2) is 8.04. The van der Waals surface area contributed by atoms with Crippen molar-refractivity contribution in [2.24, 2.45) is 5.92 Å². The molecule has 0 spiro atoms. The molecular weight excluding hydrogens is 325 g/mol. The molecule has 1 saturated heterocycles. The molecule has 1 amide bonds. The van der Waals surface area contributed by atoms with Crippen molar-refractivity contribution in [2.75, 3.05) is 19.7 Å². The van der Waals surface area contributed by atoms with Gasteiger partial charge in [-0.05, 0) is 54.5 Å². The van der Waals surface area contributed by atoms with Gasteiger partial charge >= 0.3 is 0 Å². The molecule has 0 radical (unpaired) electrons. The fourth-order valence-electron chi connectivity index (χ4n) is 2.99. The van der Waals surface area contributed by atoms with Crippen molar-refractivity contribution in [1.29, 1.82) is 0 Å². The Morgan fingerprint density at radius 1 is 1.36 bits per heavy atom. The van der Waals surface area contributed by atoms with Crippen molar-refractivity contribution >= 4 is 5.91 Å². The van der Waals surface area contributed by atoms with Gasteiger partial charge in [0.2, 0.25) is 5.91 Å². The van der Waals surface area contributed by atoms with E-state index in [1.807, 2.05) is 11.8 Å². The van der Waals surface area contributed by atoms with Crippen molar-refractivity contribution in [3.8, 4) is 5.75 Å². The number of ether oxygens (including phenoxy) is 1. The standard InChI is InChI=1S/C17H22FN5O2/c1-13-19-20-21-23(13)10-8-17(24)22-9-2-3-14(11-22)12-25-16-6-4-15(18)5-7-16/h4-7,14H,2-3,8-12H2,1H3/t14-/m1/s1. The van der Waals surface area contributed by atoms with Gasteiger partial charge in [0, 0.05) is 25.4 Å². The molecule has 2 aromatic rings. The third-order valence-electron chi connectivity index (χ3n) is 4.42. The molecule has 1 aromatic carbocycles. The van der Waals surface area contributed by atoms with E-state index in [-0.39, 0.29) is 17.6 Å². The van der Waals surface area contributed by atoms with Gasteiger partial charge in [0.15, 0.2) is 0 Å². The number of hydrogen-bond acceptors (Lipinski definition) is 5. The molecule has 3 rings (SSSR count). The quantitative estimate of drug-likeness (QED) is 0.797. The summed E-state index contributed by atoms with van der Waals surface area (Å²) in [7, 11) is 0. The number of amides is 1. The second-order valence-electron chi connectivity index (χ2n) is 6.31. The van der Waals surface area contributed by atoms with Crippen LogP contribution in [0.2, 0.25) is 0 Å². The zero-order chi connectivity index (χ0) is 17.6. The Kier molecular flexibility index (Phi) is 5.57. The molecule has 1 aliphatic heterocycles. The minimum atomic E-state index is -0.278. The first-order chi connectivity index (χ1) is 12.1. The van der Waals surface area contributed by atoms with E-state index in [0.29, 0.717) is 37.7 Å². The predicted octanol–water partition coefficient (Wildman–Crippen LogP) is 1.83. The number of aryl methyl sites for hydroxylation is 2. The lowest BCUT2D eigenvalue weighted by Gasteiger charge is -2.32. The summed E-state index contributed by atoms with van der Waals surface area (Å²) in [5.74, 6) is 1.48. The maximum absolute atomic E-state index is 12.9. The number of tetrazole rings is 1. The number of hydrogen-bond donors (Lipinski definition) is 0. The maximum atomic E-state index is 12.9. The molecule has 0 unspecified atom stereocenters. The topological polar surface area (TPSA) is 73.1 Å². The van der Waals surface area contributed by atoms with Gasteiger partial charge in [0.05, 0.1) is 13.2 Å². The Hall–Kier alpha value is -2.51. The van der Waals surface area contributed by atoms with E-state index in [9.17, 15) is 9.18 Å². The Morgan fingerprint density at radius 2 is 2.16 bits per heavy atom. The molecule has 0 saturated carbocycles. The van der Waals surface area contributed by atoms with Crippen LogP contribution in [0.5, 0.6) is 5.75 Å². The van der Waals surface area contributed by atoms with Gasteiger partial charge in [0.25, 0.3) is 0 Å². The zero-order valence-electron chi connectivity index (χ0n) is 14.3. The van der Waals surface area contributed by atoms with Gasteiger partial charge < -0.3 is 9.64 Å². The Balaban J connectivity index is 1.46. The van der Waals surface area contributed by atoms with E-state index in [0.717, 1.165) is 19.4 Å². The summed E-state index contributed by atoms with van der Waals surface area (Å²) >= 11 is 0. The monoisotopic (exact) mass is 347 g/mol. The summed E-state index contributed by atoms with van der Waals surface area (Å²) in [6.07, 6.45) is 2.38. The normalized spacial score (nSPS) is 17.5. The molecule has 1 atom stereocenters. The molecule has 134 valence electrons. The van der Waals surface area contributed by atoms with Gasteiger partial charge in [-0.3, -0.25) is 4.79 Å². The lowest BCUT2D eigenvalue weighted by atomic mass is 9.98. The predicted molar refractivity (Wildman–Crippen MR) is 88.4 cm³/mol. The number of rotatable bonds is 6.